The summed E-state index contributed by atoms with van der Waals surface area (Å²) in [7, 11) is -0.446. The van der Waals surface area contributed by atoms with Crippen molar-refractivity contribution < 1.29 is 0 Å². The zero-order chi connectivity index (χ0) is 12.9. The summed E-state index contributed by atoms with van der Waals surface area (Å²) in [5.74, 6) is 0. The third-order valence-corrected chi connectivity index (χ3v) is 5.49. The van der Waals surface area contributed by atoms with Crippen LogP contribution in [0.3, 0.4) is 0 Å². The van der Waals surface area contributed by atoms with E-state index in [1.807, 2.05) is 0 Å². The van der Waals surface area contributed by atoms with E-state index in [2.05, 4.69) is 91.0 Å². The molecule has 0 aliphatic rings. The van der Waals surface area contributed by atoms with Gasteiger partial charge in [-0.05, 0) is 23.8 Å². The summed E-state index contributed by atoms with van der Waals surface area (Å²) in [5.41, 5.74) is 0. The van der Waals surface area contributed by atoms with Crippen molar-refractivity contribution in [3.05, 3.63) is 91.0 Å². The van der Waals surface area contributed by atoms with Crippen LogP contribution in [0.25, 0.3) is 0 Å². The van der Waals surface area contributed by atoms with Gasteiger partial charge in [-0.2, -0.15) is 0 Å². The Morgan fingerprint density at radius 2 is 0.650 bits per heavy atom. The molecule has 4 radical (unpaired) electrons. The van der Waals surface area contributed by atoms with Crippen molar-refractivity contribution in [3.63, 3.8) is 0 Å². The van der Waals surface area contributed by atoms with Crippen LogP contribution in [0.15, 0.2) is 91.0 Å². The summed E-state index contributed by atoms with van der Waals surface area (Å²) in [4.78, 5) is 0. The number of rotatable bonds is 3. The van der Waals surface area contributed by atoms with Gasteiger partial charge in [-0.15, -0.1) is 0 Å². The van der Waals surface area contributed by atoms with Gasteiger partial charge in [0, 0.05) is 17.6 Å². The van der Waals surface area contributed by atoms with E-state index in [4.69, 9.17) is 0 Å². The molecule has 0 amide bonds. The first-order valence-corrected chi connectivity index (χ1v) is 7.74. The van der Waals surface area contributed by atoms with Gasteiger partial charge in [0.05, 0.1) is 0 Å². The molecular formula is C18H15GeP. The summed E-state index contributed by atoms with van der Waals surface area (Å²) in [5, 5.41) is 4.19. The van der Waals surface area contributed by atoms with Crippen LogP contribution >= 0.6 is 7.92 Å². The minimum Gasteiger partial charge on any atom is -0.0622 e. The Bertz CT molecular complexity index is 529. The van der Waals surface area contributed by atoms with E-state index in [0.717, 1.165) is 0 Å². The molecule has 0 aliphatic heterocycles. The maximum atomic E-state index is 2.23. The van der Waals surface area contributed by atoms with E-state index in [1.165, 1.54) is 15.9 Å². The molecule has 0 unspecified atom stereocenters. The molecule has 0 atom stereocenters. The summed E-state index contributed by atoms with van der Waals surface area (Å²) in [6.07, 6.45) is 0. The number of hydrogen-bond donors (Lipinski definition) is 0. The Labute approximate surface area is 132 Å². The normalized spacial score (nSPS) is 10.1. The van der Waals surface area contributed by atoms with Gasteiger partial charge in [0.15, 0.2) is 0 Å². The first-order chi connectivity index (χ1) is 9.45. The quantitative estimate of drug-likeness (QED) is 0.510. The van der Waals surface area contributed by atoms with Gasteiger partial charge in [0.25, 0.3) is 0 Å². The standard InChI is InChI=1S/C18H15P.Ge/c1-4-10-16(11-5-1)19(17-12-6-2-7-13-17)18-14-8-3-9-15-18;/h1-15H;. The molecule has 2 heteroatoms. The third-order valence-electron chi connectivity index (χ3n) is 3.04. The van der Waals surface area contributed by atoms with Crippen molar-refractivity contribution in [1.29, 1.82) is 0 Å². The fraction of sp³-hybridized carbons (Fsp3) is 0. The van der Waals surface area contributed by atoms with Crippen molar-refractivity contribution in [2.24, 2.45) is 0 Å². The van der Waals surface area contributed by atoms with Gasteiger partial charge in [-0.1, -0.05) is 91.0 Å². The van der Waals surface area contributed by atoms with Crippen molar-refractivity contribution in [2.75, 3.05) is 0 Å². The van der Waals surface area contributed by atoms with Crippen LogP contribution < -0.4 is 15.9 Å². The molecule has 3 rings (SSSR count). The van der Waals surface area contributed by atoms with Crippen molar-refractivity contribution in [2.45, 2.75) is 0 Å². The maximum absolute atomic E-state index is 2.23. The van der Waals surface area contributed by atoms with E-state index < -0.39 is 7.92 Å². The molecule has 0 aromatic heterocycles. The van der Waals surface area contributed by atoms with Crippen molar-refractivity contribution in [3.8, 4) is 0 Å². The van der Waals surface area contributed by atoms with Gasteiger partial charge in [0.2, 0.25) is 0 Å². The molecule has 3 aromatic rings. The molecular weight excluding hydrogens is 320 g/mol. The predicted molar refractivity (Wildman–Crippen MR) is 90.9 cm³/mol. The zero-order valence-corrected chi connectivity index (χ0v) is 14.1. The van der Waals surface area contributed by atoms with Gasteiger partial charge >= 0.3 is 0 Å². The van der Waals surface area contributed by atoms with Crippen LogP contribution in [-0.4, -0.2) is 17.6 Å². The topological polar surface area (TPSA) is 0 Å². The van der Waals surface area contributed by atoms with Gasteiger partial charge in [0.1, 0.15) is 0 Å². The van der Waals surface area contributed by atoms with Crippen molar-refractivity contribution >= 4 is 41.4 Å². The molecule has 3 aromatic carbocycles. The van der Waals surface area contributed by atoms with E-state index in [9.17, 15) is 0 Å². The minimum absolute atomic E-state index is 0. The monoisotopic (exact) mass is 336 g/mol. The molecule has 0 bridgehead atoms. The molecule has 0 N–H and O–H groups in total. The van der Waals surface area contributed by atoms with Gasteiger partial charge in [-0.25, -0.2) is 0 Å². The van der Waals surface area contributed by atoms with E-state index >= 15 is 0 Å². The Morgan fingerprint density at radius 3 is 0.900 bits per heavy atom. The Morgan fingerprint density at radius 1 is 0.400 bits per heavy atom. The van der Waals surface area contributed by atoms with Crippen LogP contribution in [-0.2, 0) is 0 Å². The second kappa shape index (κ2) is 7.42. The molecule has 96 valence electrons. The van der Waals surface area contributed by atoms with E-state index in [0.29, 0.717) is 0 Å². The molecule has 20 heavy (non-hydrogen) atoms. The van der Waals surface area contributed by atoms with Crippen LogP contribution in [0.2, 0.25) is 0 Å². The van der Waals surface area contributed by atoms with Gasteiger partial charge in [-0.3, -0.25) is 0 Å². The second-order valence-corrected chi connectivity index (χ2v) is 6.56. The fourth-order valence-corrected chi connectivity index (χ4v) is 4.48. The molecule has 0 heterocycles. The second-order valence-electron chi connectivity index (χ2n) is 4.34. The number of benzene rings is 3. The van der Waals surface area contributed by atoms with Crippen LogP contribution in [0, 0.1) is 0 Å². The van der Waals surface area contributed by atoms with Crippen LogP contribution in [0.1, 0.15) is 0 Å². The first kappa shape index (κ1) is 15.0. The predicted octanol–water partition coefficient (Wildman–Crippen LogP) is 3.06. The van der Waals surface area contributed by atoms with E-state index in [-0.39, 0.29) is 17.6 Å². The molecule has 0 aliphatic carbocycles. The summed E-state index contributed by atoms with van der Waals surface area (Å²) < 4.78 is 0. The Kier molecular flexibility index (Phi) is 5.58. The Balaban J connectivity index is 0.00000147. The van der Waals surface area contributed by atoms with Crippen LogP contribution in [0.4, 0.5) is 0 Å². The third kappa shape index (κ3) is 3.39. The minimum atomic E-state index is -0.446. The molecule has 0 saturated heterocycles. The largest absolute Gasteiger partial charge is 0.0622 e. The average molecular weight is 335 g/mol. The van der Waals surface area contributed by atoms with Crippen molar-refractivity contribution in [1.82, 2.24) is 0 Å². The summed E-state index contributed by atoms with van der Waals surface area (Å²) >= 11 is 0. The smallest absolute Gasteiger partial charge is 0 e. The molecule has 0 fully saturated rings. The maximum Gasteiger partial charge on any atom is 0 e. The van der Waals surface area contributed by atoms with Crippen LogP contribution in [0.5, 0.6) is 0 Å². The average Bonchev–Trinajstić information content (AvgIpc) is 2.51. The summed E-state index contributed by atoms with van der Waals surface area (Å²) in [6.45, 7) is 0. The Hall–Kier alpha value is -1.37. The fourth-order valence-electron chi connectivity index (χ4n) is 2.18. The number of hydrogen-bond acceptors (Lipinski definition) is 0. The SMILES string of the molecule is [Ge].c1ccc(P(c2ccccc2)c2ccccc2)cc1. The molecule has 0 nitrogen and oxygen atoms in total. The van der Waals surface area contributed by atoms with Gasteiger partial charge < -0.3 is 0 Å². The van der Waals surface area contributed by atoms with E-state index in [1.54, 1.807) is 0 Å². The summed E-state index contributed by atoms with van der Waals surface area (Å²) in [6, 6.07) is 32.3. The molecule has 0 saturated carbocycles. The first-order valence-electron chi connectivity index (χ1n) is 6.40. The molecule has 0 spiro atoms. The zero-order valence-electron chi connectivity index (χ0n) is 11.1.